The van der Waals surface area contributed by atoms with Crippen molar-refractivity contribution >= 4 is 34.7 Å². The third-order valence-corrected chi connectivity index (χ3v) is 4.01. The van der Waals surface area contributed by atoms with Crippen LogP contribution in [-0.4, -0.2) is 29.8 Å². The second-order valence-electron chi connectivity index (χ2n) is 4.06. The van der Waals surface area contributed by atoms with Gasteiger partial charge in [-0.15, -0.1) is 11.3 Å². The molecule has 0 saturated carbocycles. The van der Waals surface area contributed by atoms with Crippen LogP contribution in [0.3, 0.4) is 0 Å². The Hall–Kier alpha value is -1.27. The molecule has 1 N–H and O–H groups in total. The van der Waals surface area contributed by atoms with Crippen molar-refractivity contribution in [3.05, 3.63) is 28.5 Å². The molecule has 0 amide bonds. The minimum atomic E-state index is 0.798. The summed E-state index contributed by atoms with van der Waals surface area (Å²) in [6, 6.07) is 6.21. The Bertz CT molecular complexity index is 513. The maximum absolute atomic E-state index is 4.56. The van der Waals surface area contributed by atoms with Crippen molar-refractivity contribution in [1.82, 2.24) is 9.97 Å². The van der Waals surface area contributed by atoms with Gasteiger partial charge in [0.1, 0.15) is 11.6 Å². The molecule has 0 saturated heterocycles. The van der Waals surface area contributed by atoms with E-state index in [0.717, 1.165) is 29.9 Å². The molecular weight excluding hydrogens is 276 g/mol. The van der Waals surface area contributed by atoms with E-state index in [-0.39, 0.29) is 0 Å². The zero-order chi connectivity index (χ0) is 13.7. The predicted molar refractivity (Wildman–Crippen MR) is 84.4 cm³/mol. The lowest BCUT2D eigenvalue weighted by molar-refractivity contribution is 0.865. The van der Waals surface area contributed by atoms with Gasteiger partial charge in [-0.3, -0.25) is 0 Å². The highest BCUT2D eigenvalue weighted by Crippen LogP contribution is 2.21. The number of aromatic nitrogens is 2. The number of nitrogens with one attached hydrogen (secondary N) is 1. The summed E-state index contributed by atoms with van der Waals surface area (Å²) < 4.78 is 0. The van der Waals surface area contributed by atoms with Crippen LogP contribution >= 0.6 is 23.1 Å². The standard InChI is InChI=1S/C13H18N4S2/c1-4-14-11-8-12(16-13(15-11)18-3)17(2)9-10-6-5-7-19-10/h5-8H,4,9H2,1-3H3,(H,14,15,16). The van der Waals surface area contributed by atoms with Crippen LogP contribution in [0.25, 0.3) is 0 Å². The van der Waals surface area contributed by atoms with Crippen LogP contribution in [0.2, 0.25) is 0 Å². The normalized spacial score (nSPS) is 10.5. The van der Waals surface area contributed by atoms with E-state index in [0.29, 0.717) is 0 Å². The van der Waals surface area contributed by atoms with Crippen molar-refractivity contribution in [2.24, 2.45) is 0 Å². The Kier molecular flexibility index (Phi) is 5.04. The largest absolute Gasteiger partial charge is 0.370 e. The van der Waals surface area contributed by atoms with Crippen molar-refractivity contribution in [2.75, 3.05) is 30.1 Å². The van der Waals surface area contributed by atoms with Crippen molar-refractivity contribution < 1.29 is 0 Å². The number of hydrogen-bond donors (Lipinski definition) is 1. The van der Waals surface area contributed by atoms with Gasteiger partial charge >= 0.3 is 0 Å². The number of thiophene rings is 1. The highest BCUT2D eigenvalue weighted by molar-refractivity contribution is 7.98. The Morgan fingerprint density at radius 3 is 2.89 bits per heavy atom. The van der Waals surface area contributed by atoms with Crippen LogP contribution < -0.4 is 10.2 Å². The first kappa shape index (κ1) is 14.1. The van der Waals surface area contributed by atoms with Crippen LogP contribution in [-0.2, 0) is 6.54 Å². The average molecular weight is 294 g/mol. The summed E-state index contributed by atoms with van der Waals surface area (Å²) >= 11 is 3.33. The third kappa shape index (κ3) is 3.84. The van der Waals surface area contributed by atoms with E-state index in [9.17, 15) is 0 Å². The van der Waals surface area contributed by atoms with Gasteiger partial charge in [0.05, 0.1) is 6.54 Å². The van der Waals surface area contributed by atoms with Crippen LogP contribution in [0, 0.1) is 0 Å². The molecule has 102 valence electrons. The van der Waals surface area contributed by atoms with E-state index in [2.05, 4.69) is 51.7 Å². The molecule has 0 aliphatic rings. The fraction of sp³-hybridized carbons (Fsp3) is 0.385. The summed E-state index contributed by atoms with van der Waals surface area (Å²) in [5.41, 5.74) is 0. The molecule has 19 heavy (non-hydrogen) atoms. The molecule has 6 heteroatoms. The van der Waals surface area contributed by atoms with Gasteiger partial charge in [-0.25, -0.2) is 9.97 Å². The molecule has 0 aromatic carbocycles. The van der Waals surface area contributed by atoms with Crippen LogP contribution in [0.1, 0.15) is 11.8 Å². The summed E-state index contributed by atoms with van der Waals surface area (Å²) in [6.07, 6.45) is 1.99. The number of hydrogen-bond acceptors (Lipinski definition) is 6. The lowest BCUT2D eigenvalue weighted by atomic mass is 10.4. The first-order chi connectivity index (χ1) is 9.22. The van der Waals surface area contributed by atoms with Crippen molar-refractivity contribution in [3.8, 4) is 0 Å². The fourth-order valence-corrected chi connectivity index (χ4v) is 2.82. The molecule has 0 unspecified atom stereocenters. The second kappa shape index (κ2) is 6.77. The zero-order valence-corrected chi connectivity index (χ0v) is 13.0. The third-order valence-electron chi connectivity index (χ3n) is 2.60. The summed E-state index contributed by atoms with van der Waals surface area (Å²) in [6.45, 7) is 3.79. The van der Waals surface area contributed by atoms with E-state index in [4.69, 9.17) is 0 Å². The summed E-state index contributed by atoms with van der Waals surface area (Å²) in [4.78, 5) is 12.5. The summed E-state index contributed by atoms with van der Waals surface area (Å²) in [5.74, 6) is 1.83. The quantitative estimate of drug-likeness (QED) is 0.654. The Labute approximate surface area is 122 Å². The molecule has 0 bridgehead atoms. The van der Waals surface area contributed by atoms with Crippen molar-refractivity contribution in [1.29, 1.82) is 0 Å². The molecule has 2 aromatic heterocycles. The Morgan fingerprint density at radius 2 is 2.26 bits per heavy atom. The first-order valence-corrected chi connectivity index (χ1v) is 8.23. The monoisotopic (exact) mass is 294 g/mol. The van der Waals surface area contributed by atoms with Crippen LogP contribution in [0.4, 0.5) is 11.6 Å². The van der Waals surface area contributed by atoms with E-state index in [1.165, 1.54) is 4.88 Å². The number of anilines is 2. The number of thioether (sulfide) groups is 1. The minimum absolute atomic E-state index is 0.798. The molecule has 2 heterocycles. The fourth-order valence-electron chi connectivity index (χ4n) is 1.69. The molecule has 0 atom stereocenters. The van der Waals surface area contributed by atoms with E-state index in [1.54, 1.807) is 23.1 Å². The zero-order valence-electron chi connectivity index (χ0n) is 11.4. The number of nitrogens with zero attached hydrogens (tertiary/aromatic N) is 3. The predicted octanol–water partition coefficient (Wildman–Crippen LogP) is 3.33. The molecule has 0 fully saturated rings. The van der Waals surface area contributed by atoms with Gasteiger partial charge in [0.25, 0.3) is 0 Å². The van der Waals surface area contributed by atoms with E-state index < -0.39 is 0 Å². The molecule has 0 radical (unpaired) electrons. The van der Waals surface area contributed by atoms with Crippen molar-refractivity contribution in [3.63, 3.8) is 0 Å². The maximum atomic E-state index is 4.56. The van der Waals surface area contributed by atoms with Gasteiger partial charge in [0.15, 0.2) is 5.16 Å². The minimum Gasteiger partial charge on any atom is -0.370 e. The van der Waals surface area contributed by atoms with Gasteiger partial charge in [0.2, 0.25) is 0 Å². The Balaban J connectivity index is 2.19. The number of rotatable bonds is 6. The first-order valence-electron chi connectivity index (χ1n) is 6.13. The molecule has 4 nitrogen and oxygen atoms in total. The lowest BCUT2D eigenvalue weighted by Gasteiger charge is -2.18. The van der Waals surface area contributed by atoms with Gasteiger partial charge < -0.3 is 10.2 Å². The lowest BCUT2D eigenvalue weighted by Crippen LogP contribution is -2.18. The highest BCUT2D eigenvalue weighted by Gasteiger charge is 2.09. The SMILES string of the molecule is CCNc1cc(N(C)Cc2cccs2)nc(SC)n1. The van der Waals surface area contributed by atoms with Crippen molar-refractivity contribution in [2.45, 2.75) is 18.6 Å². The molecule has 0 aliphatic heterocycles. The van der Waals surface area contributed by atoms with E-state index >= 15 is 0 Å². The van der Waals surface area contributed by atoms with Gasteiger partial charge in [-0.2, -0.15) is 0 Å². The van der Waals surface area contributed by atoms with Gasteiger partial charge in [-0.05, 0) is 24.6 Å². The molecular formula is C13H18N4S2. The van der Waals surface area contributed by atoms with Crippen LogP contribution in [0.5, 0.6) is 0 Å². The topological polar surface area (TPSA) is 41.0 Å². The molecule has 0 aliphatic carbocycles. The molecule has 0 spiro atoms. The maximum Gasteiger partial charge on any atom is 0.191 e. The highest BCUT2D eigenvalue weighted by atomic mass is 32.2. The van der Waals surface area contributed by atoms with Gasteiger partial charge in [0, 0.05) is 24.5 Å². The average Bonchev–Trinajstić information content (AvgIpc) is 2.91. The summed E-state index contributed by atoms with van der Waals surface area (Å²) in [5, 5.41) is 6.14. The molecule has 2 aromatic rings. The van der Waals surface area contributed by atoms with Crippen LogP contribution in [0.15, 0.2) is 28.7 Å². The smallest absolute Gasteiger partial charge is 0.191 e. The Morgan fingerprint density at radius 1 is 1.42 bits per heavy atom. The van der Waals surface area contributed by atoms with Gasteiger partial charge in [-0.1, -0.05) is 17.8 Å². The summed E-state index contributed by atoms with van der Waals surface area (Å²) in [7, 11) is 2.06. The molecule has 2 rings (SSSR count). The second-order valence-corrected chi connectivity index (χ2v) is 5.87. The van der Waals surface area contributed by atoms with E-state index in [1.807, 2.05) is 12.3 Å².